The van der Waals surface area contributed by atoms with Gasteiger partial charge < -0.3 is 5.73 Å². The first kappa shape index (κ1) is 9.77. The second-order valence-electron chi connectivity index (χ2n) is 3.68. The van der Waals surface area contributed by atoms with Crippen molar-refractivity contribution in [3.05, 3.63) is 48.4 Å². The minimum absolute atomic E-state index is 0.311. The summed E-state index contributed by atoms with van der Waals surface area (Å²) in [7, 11) is 0. The van der Waals surface area contributed by atoms with Gasteiger partial charge in [0, 0.05) is 11.8 Å². The van der Waals surface area contributed by atoms with Crippen molar-refractivity contribution in [1.29, 1.82) is 0 Å². The molecule has 0 aliphatic heterocycles. The number of aromatic nitrogens is 3. The van der Waals surface area contributed by atoms with E-state index >= 15 is 0 Å². The Hall–Kier alpha value is -2.43. The molecule has 0 fully saturated rings. The van der Waals surface area contributed by atoms with Gasteiger partial charge in [0.1, 0.15) is 5.82 Å². The Balaban J connectivity index is 2.22. The molecule has 0 aliphatic rings. The molecule has 2 heterocycles. The Morgan fingerprint density at radius 1 is 1.18 bits per heavy atom. The van der Waals surface area contributed by atoms with Gasteiger partial charge in [-0.2, -0.15) is 0 Å². The van der Waals surface area contributed by atoms with Crippen molar-refractivity contribution in [2.45, 2.75) is 0 Å². The Morgan fingerprint density at radius 3 is 2.82 bits per heavy atom. The molecule has 4 nitrogen and oxygen atoms in total. The predicted octanol–water partition coefficient (Wildman–Crippen LogP) is 2.12. The highest BCUT2D eigenvalue weighted by molar-refractivity contribution is 5.67. The molecular weight excluding hydrogens is 219 g/mol. The first-order valence-corrected chi connectivity index (χ1v) is 5.11. The molecule has 0 radical (unpaired) electrons. The van der Waals surface area contributed by atoms with Gasteiger partial charge in [-0.25, -0.2) is 13.9 Å². The third-order valence-electron chi connectivity index (χ3n) is 2.48. The van der Waals surface area contributed by atoms with Gasteiger partial charge in [0.2, 0.25) is 0 Å². The SMILES string of the molecule is Nc1cccn2nc(-c3cccc(F)c3)nc12. The van der Waals surface area contributed by atoms with Crippen LogP contribution in [0.2, 0.25) is 0 Å². The monoisotopic (exact) mass is 228 g/mol. The van der Waals surface area contributed by atoms with Crippen LogP contribution in [0.15, 0.2) is 42.6 Å². The van der Waals surface area contributed by atoms with Gasteiger partial charge in [0.15, 0.2) is 11.5 Å². The summed E-state index contributed by atoms with van der Waals surface area (Å²) in [5, 5.41) is 4.24. The standard InChI is InChI=1S/C12H9FN4/c13-9-4-1-3-8(7-9)11-15-12-10(14)5-2-6-17(12)16-11/h1-7H,14H2. The van der Waals surface area contributed by atoms with Gasteiger partial charge in [-0.05, 0) is 24.3 Å². The number of halogens is 1. The van der Waals surface area contributed by atoms with Crippen LogP contribution in [0.5, 0.6) is 0 Å². The maximum Gasteiger partial charge on any atom is 0.182 e. The molecule has 0 amide bonds. The van der Waals surface area contributed by atoms with Gasteiger partial charge >= 0.3 is 0 Å². The first-order valence-electron chi connectivity index (χ1n) is 5.11. The topological polar surface area (TPSA) is 56.2 Å². The average molecular weight is 228 g/mol. The number of rotatable bonds is 1. The van der Waals surface area contributed by atoms with Crippen molar-refractivity contribution in [2.24, 2.45) is 0 Å². The number of anilines is 1. The quantitative estimate of drug-likeness (QED) is 0.694. The Bertz CT molecular complexity index is 690. The summed E-state index contributed by atoms with van der Waals surface area (Å²) >= 11 is 0. The summed E-state index contributed by atoms with van der Waals surface area (Å²) in [6, 6.07) is 9.69. The Kier molecular flexibility index (Phi) is 2.04. The van der Waals surface area contributed by atoms with E-state index in [2.05, 4.69) is 10.1 Å². The van der Waals surface area contributed by atoms with Gasteiger partial charge in [-0.1, -0.05) is 12.1 Å². The minimum Gasteiger partial charge on any atom is -0.396 e. The molecule has 0 bridgehead atoms. The van der Waals surface area contributed by atoms with Crippen LogP contribution in [-0.2, 0) is 0 Å². The molecule has 0 unspecified atom stereocenters. The van der Waals surface area contributed by atoms with Crippen LogP contribution >= 0.6 is 0 Å². The third kappa shape index (κ3) is 1.61. The zero-order valence-corrected chi connectivity index (χ0v) is 8.84. The van der Waals surface area contributed by atoms with Crippen molar-refractivity contribution < 1.29 is 4.39 Å². The molecule has 3 rings (SSSR count). The number of hydrogen-bond donors (Lipinski definition) is 1. The molecule has 0 spiro atoms. The van der Waals surface area contributed by atoms with E-state index in [-0.39, 0.29) is 5.82 Å². The van der Waals surface area contributed by atoms with E-state index in [1.165, 1.54) is 12.1 Å². The van der Waals surface area contributed by atoms with Crippen LogP contribution in [0.1, 0.15) is 0 Å². The maximum absolute atomic E-state index is 13.1. The van der Waals surface area contributed by atoms with Crippen LogP contribution in [0, 0.1) is 5.82 Å². The largest absolute Gasteiger partial charge is 0.396 e. The number of nitrogen functional groups attached to an aromatic ring is 1. The summed E-state index contributed by atoms with van der Waals surface area (Å²) in [6.45, 7) is 0. The van der Waals surface area contributed by atoms with E-state index < -0.39 is 0 Å². The molecule has 0 saturated heterocycles. The summed E-state index contributed by atoms with van der Waals surface area (Å²) in [4.78, 5) is 4.28. The summed E-state index contributed by atoms with van der Waals surface area (Å²) in [5.74, 6) is 0.150. The average Bonchev–Trinajstić information content (AvgIpc) is 2.74. The molecule has 1 aromatic carbocycles. The number of fused-ring (bicyclic) bond motifs is 1. The highest BCUT2D eigenvalue weighted by Crippen LogP contribution is 2.19. The normalized spacial score (nSPS) is 10.9. The van der Waals surface area contributed by atoms with Crippen molar-refractivity contribution in [3.63, 3.8) is 0 Å². The smallest absolute Gasteiger partial charge is 0.182 e. The van der Waals surface area contributed by atoms with E-state index in [0.717, 1.165) is 0 Å². The number of benzene rings is 1. The van der Waals surface area contributed by atoms with E-state index in [4.69, 9.17) is 5.73 Å². The summed E-state index contributed by atoms with van der Waals surface area (Å²) in [5.41, 5.74) is 7.53. The number of hydrogen-bond acceptors (Lipinski definition) is 3. The third-order valence-corrected chi connectivity index (χ3v) is 2.48. The van der Waals surface area contributed by atoms with Crippen molar-refractivity contribution in [1.82, 2.24) is 14.6 Å². The molecule has 17 heavy (non-hydrogen) atoms. The van der Waals surface area contributed by atoms with Crippen molar-refractivity contribution in [2.75, 3.05) is 5.73 Å². The fourth-order valence-electron chi connectivity index (χ4n) is 1.68. The molecule has 2 aromatic heterocycles. The summed E-state index contributed by atoms with van der Waals surface area (Å²) < 4.78 is 14.7. The van der Waals surface area contributed by atoms with E-state index in [1.54, 1.807) is 35.0 Å². The first-order chi connectivity index (χ1) is 8.24. The highest BCUT2D eigenvalue weighted by Gasteiger charge is 2.08. The van der Waals surface area contributed by atoms with Gasteiger partial charge in [0.25, 0.3) is 0 Å². The zero-order valence-electron chi connectivity index (χ0n) is 8.84. The lowest BCUT2D eigenvalue weighted by atomic mass is 10.2. The zero-order chi connectivity index (χ0) is 11.8. The lowest BCUT2D eigenvalue weighted by molar-refractivity contribution is 0.628. The van der Waals surface area contributed by atoms with Crippen LogP contribution in [0.25, 0.3) is 17.0 Å². The number of nitrogens with zero attached hydrogens (tertiary/aromatic N) is 3. The lowest BCUT2D eigenvalue weighted by Gasteiger charge is -1.93. The molecule has 2 N–H and O–H groups in total. The van der Waals surface area contributed by atoms with Gasteiger partial charge in [-0.15, -0.1) is 5.10 Å². The lowest BCUT2D eigenvalue weighted by Crippen LogP contribution is -1.92. The highest BCUT2D eigenvalue weighted by atomic mass is 19.1. The van der Waals surface area contributed by atoms with E-state index in [9.17, 15) is 4.39 Å². The Labute approximate surface area is 96.5 Å². The fraction of sp³-hybridized carbons (Fsp3) is 0. The molecule has 0 aliphatic carbocycles. The molecule has 3 aromatic rings. The van der Waals surface area contributed by atoms with E-state index in [1.807, 2.05) is 0 Å². The number of pyridine rings is 1. The molecule has 0 saturated carbocycles. The van der Waals surface area contributed by atoms with Crippen LogP contribution in [0.3, 0.4) is 0 Å². The van der Waals surface area contributed by atoms with Crippen molar-refractivity contribution >= 4 is 11.3 Å². The van der Waals surface area contributed by atoms with Crippen LogP contribution in [-0.4, -0.2) is 14.6 Å². The van der Waals surface area contributed by atoms with Crippen LogP contribution < -0.4 is 5.73 Å². The second-order valence-corrected chi connectivity index (χ2v) is 3.68. The minimum atomic E-state index is -0.311. The van der Waals surface area contributed by atoms with Gasteiger partial charge in [-0.3, -0.25) is 0 Å². The number of nitrogens with two attached hydrogens (primary N) is 1. The Morgan fingerprint density at radius 2 is 2.06 bits per heavy atom. The van der Waals surface area contributed by atoms with Crippen LogP contribution in [0.4, 0.5) is 10.1 Å². The fourth-order valence-corrected chi connectivity index (χ4v) is 1.68. The molecular formula is C12H9FN4. The molecule has 5 heteroatoms. The second kappa shape index (κ2) is 3.55. The molecule has 0 atom stereocenters. The predicted molar refractivity (Wildman–Crippen MR) is 62.8 cm³/mol. The van der Waals surface area contributed by atoms with Crippen molar-refractivity contribution in [3.8, 4) is 11.4 Å². The van der Waals surface area contributed by atoms with Gasteiger partial charge in [0.05, 0.1) is 5.69 Å². The van der Waals surface area contributed by atoms with E-state index in [0.29, 0.717) is 22.7 Å². The molecule has 84 valence electrons. The summed E-state index contributed by atoms with van der Waals surface area (Å²) in [6.07, 6.45) is 1.75. The maximum atomic E-state index is 13.1.